The van der Waals surface area contributed by atoms with E-state index in [0.717, 1.165) is 24.8 Å². The van der Waals surface area contributed by atoms with Crippen LogP contribution in [0, 0.1) is 11.3 Å². The van der Waals surface area contributed by atoms with E-state index < -0.39 is 0 Å². The number of hydrogen-bond donors (Lipinski definition) is 0. The lowest BCUT2D eigenvalue weighted by Gasteiger charge is -2.47. The third-order valence-electron chi connectivity index (χ3n) is 6.24. The molecule has 2 heterocycles. The van der Waals surface area contributed by atoms with Gasteiger partial charge in [-0.1, -0.05) is 26.8 Å². The Hall–Kier alpha value is -2.14. The second-order valence-electron chi connectivity index (χ2n) is 6.75. The van der Waals surface area contributed by atoms with Crippen molar-refractivity contribution in [1.82, 2.24) is 0 Å². The molecule has 118 valence electrons. The Morgan fingerprint density at radius 3 is 2.39 bits per heavy atom. The van der Waals surface area contributed by atoms with Crippen molar-refractivity contribution in [2.45, 2.75) is 57.9 Å². The van der Waals surface area contributed by atoms with Crippen LogP contribution in [0.3, 0.4) is 0 Å². The van der Waals surface area contributed by atoms with E-state index in [2.05, 4.69) is 74.9 Å². The monoisotopic (exact) mass is 305 g/mol. The maximum atomic E-state index is 9.31. The summed E-state index contributed by atoms with van der Waals surface area (Å²) in [7, 11) is 0. The van der Waals surface area contributed by atoms with Crippen LogP contribution < -0.4 is 4.57 Å². The molecular formula is C21H25N2+. The van der Waals surface area contributed by atoms with E-state index in [1.54, 1.807) is 0 Å². The number of pyridine rings is 1. The molecule has 1 aliphatic rings. The second-order valence-corrected chi connectivity index (χ2v) is 6.75. The number of aromatic nitrogens is 1. The van der Waals surface area contributed by atoms with Gasteiger partial charge in [-0.2, -0.15) is 9.83 Å². The van der Waals surface area contributed by atoms with Crippen molar-refractivity contribution in [3.63, 3.8) is 0 Å². The van der Waals surface area contributed by atoms with Crippen molar-refractivity contribution in [3.05, 3.63) is 53.7 Å². The number of hydrogen-bond acceptors (Lipinski definition) is 1. The smallest absolute Gasteiger partial charge is 0.192 e. The Morgan fingerprint density at radius 2 is 1.78 bits per heavy atom. The molecule has 3 rings (SSSR count). The zero-order valence-corrected chi connectivity index (χ0v) is 14.6. The van der Waals surface area contributed by atoms with Crippen molar-refractivity contribution < 1.29 is 4.57 Å². The highest BCUT2D eigenvalue weighted by Gasteiger charge is 2.58. The lowest BCUT2D eigenvalue weighted by atomic mass is 9.59. The summed E-state index contributed by atoms with van der Waals surface area (Å²) < 4.78 is 2.47. The summed E-state index contributed by atoms with van der Waals surface area (Å²) in [5.41, 5.74) is 4.69. The minimum absolute atomic E-state index is 0.0544. The van der Waals surface area contributed by atoms with Crippen LogP contribution in [0.1, 0.15) is 58.1 Å². The summed E-state index contributed by atoms with van der Waals surface area (Å²) in [4.78, 5) is 0. The van der Waals surface area contributed by atoms with Gasteiger partial charge in [0.2, 0.25) is 5.69 Å². The van der Waals surface area contributed by atoms with Gasteiger partial charge in [0.05, 0.1) is 22.6 Å². The maximum Gasteiger partial charge on any atom is 0.213 e. The molecule has 0 amide bonds. The van der Waals surface area contributed by atoms with E-state index in [0.29, 0.717) is 0 Å². The molecule has 1 aromatic carbocycles. The molecular weight excluding hydrogens is 280 g/mol. The van der Waals surface area contributed by atoms with Gasteiger partial charge < -0.3 is 0 Å². The van der Waals surface area contributed by atoms with Crippen LogP contribution in [0.5, 0.6) is 0 Å². The first-order chi connectivity index (χ1) is 11.1. The molecule has 1 atom stereocenters. The highest BCUT2D eigenvalue weighted by atomic mass is 15.1. The molecule has 0 fully saturated rings. The van der Waals surface area contributed by atoms with Crippen molar-refractivity contribution in [3.8, 4) is 17.3 Å². The predicted octanol–water partition coefficient (Wildman–Crippen LogP) is 4.71. The van der Waals surface area contributed by atoms with Crippen LogP contribution in [0.15, 0.2) is 42.6 Å². The van der Waals surface area contributed by atoms with Gasteiger partial charge >= 0.3 is 0 Å². The zero-order chi connectivity index (χ0) is 16.7. The van der Waals surface area contributed by atoms with Gasteiger partial charge in [0.25, 0.3) is 0 Å². The van der Waals surface area contributed by atoms with E-state index in [1.807, 2.05) is 6.07 Å². The fourth-order valence-electron chi connectivity index (χ4n) is 4.75. The van der Waals surface area contributed by atoms with Crippen molar-refractivity contribution in [2.75, 3.05) is 0 Å². The molecule has 0 saturated carbocycles. The molecule has 0 radical (unpaired) electrons. The van der Waals surface area contributed by atoms with Gasteiger partial charge in [0.1, 0.15) is 0 Å². The third kappa shape index (κ3) is 1.89. The summed E-state index contributed by atoms with van der Waals surface area (Å²) >= 11 is 0. The highest BCUT2D eigenvalue weighted by Crippen LogP contribution is 2.51. The van der Waals surface area contributed by atoms with E-state index in [4.69, 9.17) is 0 Å². The molecule has 1 unspecified atom stereocenters. The summed E-state index contributed by atoms with van der Waals surface area (Å²) in [6, 6.07) is 14.9. The molecule has 0 spiro atoms. The van der Waals surface area contributed by atoms with Gasteiger partial charge in [-0.25, -0.2) is 0 Å². The summed E-state index contributed by atoms with van der Waals surface area (Å²) in [6.45, 7) is 9.29. The molecule has 0 aliphatic carbocycles. The number of benzene rings is 1. The molecule has 0 bridgehead atoms. The van der Waals surface area contributed by atoms with Gasteiger partial charge in [-0.3, -0.25) is 0 Å². The number of fused-ring (bicyclic) bond motifs is 3. The van der Waals surface area contributed by atoms with E-state index in [1.165, 1.54) is 16.8 Å². The average molecular weight is 305 g/mol. The van der Waals surface area contributed by atoms with Gasteiger partial charge in [0, 0.05) is 25.0 Å². The summed E-state index contributed by atoms with van der Waals surface area (Å²) in [5.74, 6) is 0. The van der Waals surface area contributed by atoms with Gasteiger partial charge in [-0.05, 0) is 37.1 Å². The predicted molar refractivity (Wildman–Crippen MR) is 93.0 cm³/mol. The fraction of sp³-hybridized carbons (Fsp3) is 0.429. The van der Waals surface area contributed by atoms with Crippen LogP contribution in [0.2, 0.25) is 0 Å². The Labute approximate surface area is 139 Å². The number of nitriles is 1. The number of rotatable bonds is 3. The minimum atomic E-state index is 0.0544. The minimum Gasteiger partial charge on any atom is -0.192 e. The summed E-state index contributed by atoms with van der Waals surface area (Å²) in [5, 5.41) is 9.31. The van der Waals surface area contributed by atoms with Crippen LogP contribution in [-0.2, 0) is 11.0 Å². The average Bonchev–Trinajstić information content (AvgIpc) is 2.62. The first-order valence-electron chi connectivity index (χ1n) is 8.64. The number of nitrogens with zero attached hydrogens (tertiary/aromatic N) is 2. The van der Waals surface area contributed by atoms with Gasteiger partial charge in [0.15, 0.2) is 11.7 Å². The first-order valence-corrected chi connectivity index (χ1v) is 8.64. The molecule has 23 heavy (non-hydrogen) atoms. The van der Waals surface area contributed by atoms with E-state index >= 15 is 0 Å². The zero-order valence-electron chi connectivity index (χ0n) is 14.6. The Balaban J connectivity index is 2.44. The van der Waals surface area contributed by atoms with E-state index in [-0.39, 0.29) is 11.0 Å². The van der Waals surface area contributed by atoms with Crippen LogP contribution in [-0.4, -0.2) is 0 Å². The van der Waals surface area contributed by atoms with Crippen LogP contribution in [0.4, 0.5) is 0 Å². The van der Waals surface area contributed by atoms with E-state index in [9.17, 15) is 5.26 Å². The first kappa shape index (κ1) is 15.7. The standard InChI is InChI=1S/C21H25N2/c1-5-20(4)18-12-11-16(15-22)14-17(18)19-10-8-9-13-23(19)21(20,6-2)7-3/h8-14H,5-7H2,1-4H3/q+1. The lowest BCUT2D eigenvalue weighted by Crippen LogP contribution is -2.68. The molecule has 0 N–H and O–H groups in total. The lowest BCUT2D eigenvalue weighted by molar-refractivity contribution is -0.769. The largest absolute Gasteiger partial charge is 0.213 e. The van der Waals surface area contributed by atoms with Crippen LogP contribution >= 0.6 is 0 Å². The molecule has 1 aromatic heterocycles. The maximum absolute atomic E-state index is 9.31. The Kier molecular flexibility index (Phi) is 3.76. The normalized spacial score (nSPS) is 21.2. The second kappa shape index (κ2) is 5.49. The molecule has 0 saturated heterocycles. The Bertz CT molecular complexity index is 781. The van der Waals surface area contributed by atoms with Crippen LogP contribution in [0.25, 0.3) is 11.3 Å². The van der Waals surface area contributed by atoms with Crippen molar-refractivity contribution in [1.29, 1.82) is 5.26 Å². The Morgan fingerprint density at radius 1 is 1.04 bits per heavy atom. The van der Waals surface area contributed by atoms with Gasteiger partial charge in [-0.15, -0.1) is 0 Å². The quantitative estimate of drug-likeness (QED) is 0.755. The SMILES string of the molecule is CCC1(C)c2ccc(C#N)cc2-c2cccc[n+]2C1(CC)CC. The topological polar surface area (TPSA) is 27.7 Å². The third-order valence-corrected chi connectivity index (χ3v) is 6.24. The molecule has 2 nitrogen and oxygen atoms in total. The molecule has 1 aliphatic heterocycles. The summed E-state index contributed by atoms with van der Waals surface area (Å²) in [6.07, 6.45) is 5.48. The highest BCUT2D eigenvalue weighted by molar-refractivity contribution is 5.67. The van der Waals surface area contributed by atoms with Crippen molar-refractivity contribution >= 4 is 0 Å². The molecule has 2 aromatic rings. The van der Waals surface area contributed by atoms with Crippen molar-refractivity contribution in [2.24, 2.45) is 0 Å². The molecule has 2 heteroatoms. The fourth-order valence-corrected chi connectivity index (χ4v) is 4.75.